The standard InChI is InChI=1S/C14H23N5/c1-10(2)9-19(11-5-3-4-6-11)14-12(13(15)16)7-8-17-18-14/h7-8,10-11H,3-6,9H2,1-2H3,(H3,15,16). The van der Waals surface area contributed by atoms with Gasteiger partial charge in [-0.3, -0.25) is 5.41 Å². The number of aromatic nitrogens is 2. The first-order chi connectivity index (χ1) is 9.09. The molecule has 19 heavy (non-hydrogen) atoms. The molecule has 1 saturated carbocycles. The van der Waals surface area contributed by atoms with Crippen molar-refractivity contribution in [3.05, 3.63) is 17.8 Å². The third kappa shape index (κ3) is 3.22. The highest BCUT2D eigenvalue weighted by atomic mass is 15.3. The molecule has 0 radical (unpaired) electrons. The Kier molecular flexibility index (Phi) is 4.35. The molecule has 1 aromatic rings. The van der Waals surface area contributed by atoms with Crippen molar-refractivity contribution in [2.75, 3.05) is 11.4 Å². The van der Waals surface area contributed by atoms with Gasteiger partial charge in [0.15, 0.2) is 5.82 Å². The topological polar surface area (TPSA) is 78.9 Å². The number of nitrogens with one attached hydrogen (secondary N) is 1. The van der Waals surface area contributed by atoms with Gasteiger partial charge < -0.3 is 10.6 Å². The van der Waals surface area contributed by atoms with Crippen LogP contribution in [-0.4, -0.2) is 28.6 Å². The van der Waals surface area contributed by atoms with E-state index in [4.69, 9.17) is 11.1 Å². The second-order valence-corrected chi connectivity index (χ2v) is 5.67. The Labute approximate surface area is 114 Å². The molecule has 5 nitrogen and oxygen atoms in total. The highest BCUT2D eigenvalue weighted by Crippen LogP contribution is 2.29. The summed E-state index contributed by atoms with van der Waals surface area (Å²) in [4.78, 5) is 2.31. The number of rotatable bonds is 5. The molecule has 0 spiro atoms. The van der Waals surface area contributed by atoms with Gasteiger partial charge in [-0.25, -0.2) is 0 Å². The van der Waals surface area contributed by atoms with Crippen LogP contribution < -0.4 is 10.6 Å². The number of nitrogens with zero attached hydrogens (tertiary/aromatic N) is 3. The summed E-state index contributed by atoms with van der Waals surface area (Å²) in [6, 6.07) is 2.30. The molecular formula is C14H23N5. The third-order valence-corrected chi connectivity index (χ3v) is 3.59. The quantitative estimate of drug-likeness (QED) is 0.629. The van der Waals surface area contributed by atoms with E-state index in [0.717, 1.165) is 12.4 Å². The Morgan fingerprint density at radius 3 is 2.74 bits per heavy atom. The van der Waals surface area contributed by atoms with Crippen LogP contribution in [0.1, 0.15) is 45.1 Å². The normalized spacial score (nSPS) is 15.9. The van der Waals surface area contributed by atoms with Gasteiger partial charge in [0.1, 0.15) is 5.84 Å². The van der Waals surface area contributed by atoms with Crippen LogP contribution in [0.15, 0.2) is 12.3 Å². The van der Waals surface area contributed by atoms with E-state index in [2.05, 4.69) is 28.9 Å². The Bertz CT molecular complexity index is 437. The van der Waals surface area contributed by atoms with Crippen LogP contribution in [0.5, 0.6) is 0 Å². The first kappa shape index (κ1) is 13.8. The molecule has 1 fully saturated rings. The number of nitrogen functional groups attached to an aromatic ring is 1. The van der Waals surface area contributed by atoms with Crippen LogP contribution in [0, 0.1) is 11.3 Å². The zero-order valence-electron chi connectivity index (χ0n) is 11.8. The van der Waals surface area contributed by atoms with Gasteiger partial charge in [0, 0.05) is 12.6 Å². The summed E-state index contributed by atoms with van der Waals surface area (Å²) in [6.45, 7) is 5.33. The molecule has 1 aliphatic carbocycles. The SMILES string of the molecule is CC(C)CN(c1nnccc1C(=N)N)C1CCCC1. The van der Waals surface area contributed by atoms with Crippen molar-refractivity contribution in [1.29, 1.82) is 5.41 Å². The van der Waals surface area contributed by atoms with E-state index < -0.39 is 0 Å². The Morgan fingerprint density at radius 1 is 1.47 bits per heavy atom. The molecule has 0 saturated heterocycles. The predicted molar refractivity (Wildman–Crippen MR) is 77.5 cm³/mol. The van der Waals surface area contributed by atoms with E-state index in [9.17, 15) is 0 Å². The molecule has 104 valence electrons. The first-order valence-corrected chi connectivity index (χ1v) is 7.02. The molecule has 5 heteroatoms. The van der Waals surface area contributed by atoms with Gasteiger partial charge in [-0.1, -0.05) is 26.7 Å². The second-order valence-electron chi connectivity index (χ2n) is 5.67. The highest BCUT2D eigenvalue weighted by molar-refractivity contribution is 5.99. The lowest BCUT2D eigenvalue weighted by molar-refractivity contribution is 0.528. The van der Waals surface area contributed by atoms with Gasteiger partial charge in [-0.15, -0.1) is 5.10 Å². The Hall–Kier alpha value is -1.65. The number of nitrogens with two attached hydrogens (primary N) is 1. The summed E-state index contributed by atoms with van der Waals surface area (Å²) < 4.78 is 0. The van der Waals surface area contributed by atoms with E-state index >= 15 is 0 Å². The number of amidine groups is 1. The maximum atomic E-state index is 7.71. The second kappa shape index (κ2) is 5.99. The van der Waals surface area contributed by atoms with Crippen LogP contribution in [0.4, 0.5) is 5.82 Å². The van der Waals surface area contributed by atoms with Gasteiger partial charge in [-0.2, -0.15) is 5.10 Å². The summed E-state index contributed by atoms with van der Waals surface area (Å²) in [5.41, 5.74) is 6.37. The molecule has 1 heterocycles. The zero-order valence-corrected chi connectivity index (χ0v) is 11.8. The molecule has 0 unspecified atom stereocenters. The lowest BCUT2D eigenvalue weighted by atomic mass is 10.1. The lowest BCUT2D eigenvalue weighted by Gasteiger charge is -2.32. The third-order valence-electron chi connectivity index (χ3n) is 3.59. The molecule has 0 aromatic carbocycles. The predicted octanol–water partition coefficient (Wildman–Crippen LogP) is 2.17. The molecule has 3 N–H and O–H groups in total. The molecular weight excluding hydrogens is 238 g/mol. The van der Waals surface area contributed by atoms with E-state index in [1.54, 1.807) is 12.3 Å². The van der Waals surface area contributed by atoms with E-state index in [1.807, 2.05) is 0 Å². The van der Waals surface area contributed by atoms with Crippen LogP contribution >= 0.6 is 0 Å². The van der Waals surface area contributed by atoms with Crippen molar-refractivity contribution in [2.45, 2.75) is 45.6 Å². The van der Waals surface area contributed by atoms with Crippen molar-refractivity contribution in [2.24, 2.45) is 11.7 Å². The number of hydrogen-bond donors (Lipinski definition) is 2. The van der Waals surface area contributed by atoms with Crippen LogP contribution in [0.25, 0.3) is 0 Å². The van der Waals surface area contributed by atoms with Crippen molar-refractivity contribution < 1.29 is 0 Å². The summed E-state index contributed by atoms with van der Waals surface area (Å²) in [6.07, 6.45) is 6.54. The van der Waals surface area contributed by atoms with Crippen LogP contribution in [0.2, 0.25) is 0 Å². The van der Waals surface area contributed by atoms with Crippen molar-refractivity contribution >= 4 is 11.7 Å². The maximum Gasteiger partial charge on any atom is 0.162 e. The number of anilines is 1. The average Bonchev–Trinajstić information content (AvgIpc) is 2.89. The zero-order chi connectivity index (χ0) is 13.8. The summed E-state index contributed by atoms with van der Waals surface area (Å²) in [5, 5.41) is 15.9. The molecule has 1 aliphatic rings. The van der Waals surface area contributed by atoms with Gasteiger partial charge in [0.2, 0.25) is 0 Å². The smallest absolute Gasteiger partial charge is 0.162 e. The highest BCUT2D eigenvalue weighted by Gasteiger charge is 2.26. The van der Waals surface area contributed by atoms with Gasteiger partial charge >= 0.3 is 0 Å². The lowest BCUT2D eigenvalue weighted by Crippen LogP contribution is -2.38. The Morgan fingerprint density at radius 2 is 2.16 bits per heavy atom. The fraction of sp³-hybridized carbons (Fsp3) is 0.643. The molecule has 0 bridgehead atoms. The fourth-order valence-electron chi connectivity index (χ4n) is 2.76. The van der Waals surface area contributed by atoms with Gasteiger partial charge in [0.05, 0.1) is 11.8 Å². The summed E-state index contributed by atoms with van der Waals surface area (Å²) in [5.74, 6) is 1.38. The molecule has 0 amide bonds. The van der Waals surface area contributed by atoms with Crippen molar-refractivity contribution in [1.82, 2.24) is 10.2 Å². The molecule has 0 aliphatic heterocycles. The molecule has 2 rings (SSSR count). The van der Waals surface area contributed by atoms with Gasteiger partial charge in [0.25, 0.3) is 0 Å². The minimum atomic E-state index is 0.0663. The van der Waals surface area contributed by atoms with E-state index in [1.165, 1.54) is 25.7 Å². The molecule has 1 aromatic heterocycles. The summed E-state index contributed by atoms with van der Waals surface area (Å²) in [7, 11) is 0. The maximum absolute atomic E-state index is 7.71. The van der Waals surface area contributed by atoms with Crippen molar-refractivity contribution in [3.63, 3.8) is 0 Å². The number of hydrogen-bond acceptors (Lipinski definition) is 4. The molecule has 0 atom stereocenters. The summed E-state index contributed by atoms with van der Waals surface area (Å²) >= 11 is 0. The van der Waals surface area contributed by atoms with Crippen LogP contribution in [-0.2, 0) is 0 Å². The first-order valence-electron chi connectivity index (χ1n) is 7.02. The van der Waals surface area contributed by atoms with Crippen LogP contribution in [0.3, 0.4) is 0 Å². The van der Waals surface area contributed by atoms with Gasteiger partial charge in [-0.05, 0) is 24.8 Å². The average molecular weight is 261 g/mol. The fourth-order valence-corrected chi connectivity index (χ4v) is 2.76. The van der Waals surface area contributed by atoms with E-state index in [0.29, 0.717) is 17.5 Å². The monoisotopic (exact) mass is 261 g/mol. The Balaban J connectivity index is 2.34. The van der Waals surface area contributed by atoms with Crippen molar-refractivity contribution in [3.8, 4) is 0 Å². The largest absolute Gasteiger partial charge is 0.384 e. The van der Waals surface area contributed by atoms with E-state index in [-0.39, 0.29) is 5.84 Å². The minimum absolute atomic E-state index is 0.0663. The minimum Gasteiger partial charge on any atom is -0.384 e.